The van der Waals surface area contributed by atoms with Gasteiger partial charge in [0.25, 0.3) is 0 Å². The second-order valence-corrected chi connectivity index (χ2v) is 10.2. The van der Waals surface area contributed by atoms with Crippen molar-refractivity contribution in [2.45, 2.75) is 22.3 Å². The Bertz CT molecular complexity index is 950. The van der Waals surface area contributed by atoms with E-state index < -0.39 is 10.0 Å². The molecule has 0 radical (unpaired) electrons. The van der Waals surface area contributed by atoms with Crippen molar-refractivity contribution in [1.82, 2.24) is 9.62 Å². The minimum atomic E-state index is -3.77. The van der Waals surface area contributed by atoms with Crippen molar-refractivity contribution in [3.8, 4) is 0 Å². The summed E-state index contributed by atoms with van der Waals surface area (Å²) in [6.07, 6.45) is 0.761. The topological polar surface area (TPSA) is 66.5 Å². The number of amides is 1. The minimum Gasteiger partial charge on any atom is -0.348 e. The summed E-state index contributed by atoms with van der Waals surface area (Å²) in [6, 6.07) is 11.3. The van der Waals surface area contributed by atoms with Gasteiger partial charge in [0.15, 0.2) is 0 Å². The summed E-state index contributed by atoms with van der Waals surface area (Å²) in [7, 11) is -2.39. The Morgan fingerprint density at radius 3 is 2.56 bits per heavy atom. The summed E-state index contributed by atoms with van der Waals surface area (Å²) in [4.78, 5) is 13.6. The number of benzene rings is 2. The highest BCUT2D eigenvalue weighted by Gasteiger charge is 2.26. The van der Waals surface area contributed by atoms with Crippen LogP contribution in [-0.4, -0.2) is 38.0 Å². The predicted octanol–water partition coefficient (Wildman–Crippen LogP) is 3.97. The molecular formula is C18H18Cl2N2O3S2. The third-order valence-electron chi connectivity index (χ3n) is 4.23. The molecule has 1 atom stereocenters. The van der Waals surface area contributed by atoms with Crippen LogP contribution in [0.15, 0.2) is 52.3 Å². The molecule has 0 spiro atoms. The van der Waals surface area contributed by atoms with E-state index in [-0.39, 0.29) is 23.4 Å². The molecule has 144 valence electrons. The van der Waals surface area contributed by atoms with Crippen molar-refractivity contribution in [3.05, 3.63) is 58.1 Å². The molecule has 9 heteroatoms. The van der Waals surface area contributed by atoms with Crippen LogP contribution in [0.5, 0.6) is 0 Å². The third kappa shape index (κ3) is 4.78. The summed E-state index contributed by atoms with van der Waals surface area (Å²) in [5.41, 5.74) is 0.968. The van der Waals surface area contributed by atoms with Crippen LogP contribution in [0.2, 0.25) is 10.0 Å². The first kappa shape index (κ1) is 20.5. The monoisotopic (exact) mass is 444 g/mol. The second-order valence-electron chi connectivity index (χ2n) is 6.15. The molecule has 0 fully saturated rings. The molecule has 0 aliphatic carbocycles. The van der Waals surface area contributed by atoms with Gasteiger partial charge in [-0.25, -0.2) is 8.42 Å². The predicted molar refractivity (Wildman–Crippen MR) is 109 cm³/mol. The maximum absolute atomic E-state index is 12.6. The molecule has 0 bridgehead atoms. The Kier molecular flexibility index (Phi) is 6.38. The molecule has 5 nitrogen and oxygen atoms in total. The Balaban J connectivity index is 1.69. The van der Waals surface area contributed by atoms with Crippen LogP contribution < -0.4 is 5.32 Å². The lowest BCUT2D eigenvalue weighted by Crippen LogP contribution is -2.40. The quantitative estimate of drug-likeness (QED) is 0.757. The van der Waals surface area contributed by atoms with E-state index in [2.05, 4.69) is 5.32 Å². The fourth-order valence-electron chi connectivity index (χ4n) is 2.83. The third-order valence-corrected chi connectivity index (χ3v) is 7.66. The van der Waals surface area contributed by atoms with Crippen molar-refractivity contribution in [2.75, 3.05) is 19.3 Å². The number of nitrogens with zero attached hydrogens (tertiary/aromatic N) is 1. The Morgan fingerprint density at radius 1 is 1.19 bits per heavy atom. The first-order valence-corrected chi connectivity index (χ1v) is 11.4. The average molecular weight is 445 g/mol. The van der Waals surface area contributed by atoms with Crippen molar-refractivity contribution in [3.63, 3.8) is 0 Å². The first-order chi connectivity index (χ1) is 12.8. The standard InChI is InChI=1S/C18H18Cl2N2O3S2/c1-22(27(24,25)14-5-2-12(19)3-6-14)11-18(23)21-16-8-9-26-17-7-4-13(20)10-15(16)17/h2-7,10,16H,8-9,11H2,1H3,(H,21,23)/t16-/m1/s1. The molecule has 1 amide bonds. The van der Waals surface area contributed by atoms with Gasteiger partial charge in [-0.2, -0.15) is 4.31 Å². The zero-order valence-electron chi connectivity index (χ0n) is 14.5. The number of nitrogens with one attached hydrogen (secondary N) is 1. The SMILES string of the molecule is CN(CC(=O)N[C@@H]1CCSc2ccc(Cl)cc21)S(=O)(=O)c1ccc(Cl)cc1. The number of fused-ring (bicyclic) bond motifs is 1. The van der Waals surface area contributed by atoms with E-state index in [4.69, 9.17) is 23.2 Å². The molecule has 0 aromatic heterocycles. The Labute approximate surface area is 173 Å². The summed E-state index contributed by atoms with van der Waals surface area (Å²) in [5.74, 6) is 0.510. The molecule has 0 unspecified atom stereocenters. The van der Waals surface area contributed by atoms with Gasteiger partial charge in [0.1, 0.15) is 0 Å². The number of hydrogen-bond donors (Lipinski definition) is 1. The van der Waals surface area contributed by atoms with Crippen LogP contribution in [0.4, 0.5) is 0 Å². The zero-order chi connectivity index (χ0) is 19.6. The minimum absolute atomic E-state index is 0.0911. The molecule has 2 aromatic rings. The van der Waals surface area contributed by atoms with Crippen LogP contribution in [0.3, 0.4) is 0 Å². The Morgan fingerprint density at radius 2 is 1.85 bits per heavy atom. The fraction of sp³-hybridized carbons (Fsp3) is 0.278. The number of likely N-dealkylation sites (N-methyl/N-ethyl adjacent to an activating group) is 1. The molecule has 3 rings (SSSR count). The van der Waals surface area contributed by atoms with Gasteiger partial charge in [-0.3, -0.25) is 4.79 Å². The van der Waals surface area contributed by atoms with Gasteiger partial charge >= 0.3 is 0 Å². The van der Waals surface area contributed by atoms with Crippen LogP contribution in [0, 0.1) is 0 Å². The van der Waals surface area contributed by atoms with Crippen LogP contribution >= 0.6 is 35.0 Å². The molecule has 0 saturated heterocycles. The van der Waals surface area contributed by atoms with E-state index in [1.165, 1.54) is 31.3 Å². The number of carbonyl (C=O) groups is 1. The van der Waals surface area contributed by atoms with Crippen LogP contribution in [-0.2, 0) is 14.8 Å². The van der Waals surface area contributed by atoms with Crippen molar-refractivity contribution in [2.24, 2.45) is 0 Å². The van der Waals surface area contributed by atoms with E-state index in [0.29, 0.717) is 10.0 Å². The lowest BCUT2D eigenvalue weighted by atomic mass is 10.0. The highest BCUT2D eigenvalue weighted by molar-refractivity contribution is 7.99. The number of hydrogen-bond acceptors (Lipinski definition) is 4. The second kappa shape index (κ2) is 8.41. The summed E-state index contributed by atoms with van der Waals surface area (Å²) >= 11 is 13.6. The maximum Gasteiger partial charge on any atom is 0.243 e. The summed E-state index contributed by atoms with van der Waals surface area (Å²) in [6.45, 7) is -0.273. The largest absolute Gasteiger partial charge is 0.348 e. The van der Waals surface area contributed by atoms with Crippen LogP contribution in [0.25, 0.3) is 0 Å². The molecule has 1 heterocycles. The average Bonchev–Trinajstić information content (AvgIpc) is 2.62. The van der Waals surface area contributed by atoms with E-state index in [1.54, 1.807) is 11.8 Å². The van der Waals surface area contributed by atoms with Crippen molar-refractivity contribution in [1.29, 1.82) is 0 Å². The lowest BCUT2D eigenvalue weighted by molar-refractivity contribution is -0.121. The zero-order valence-corrected chi connectivity index (χ0v) is 17.6. The molecular weight excluding hydrogens is 427 g/mol. The van der Waals surface area contributed by atoms with E-state index in [9.17, 15) is 13.2 Å². The number of sulfonamides is 1. The van der Waals surface area contributed by atoms with Gasteiger partial charge in [-0.1, -0.05) is 23.2 Å². The van der Waals surface area contributed by atoms with Gasteiger partial charge < -0.3 is 5.32 Å². The van der Waals surface area contributed by atoms with Gasteiger partial charge in [0.05, 0.1) is 17.5 Å². The van der Waals surface area contributed by atoms with Crippen LogP contribution in [0.1, 0.15) is 18.0 Å². The molecule has 1 N–H and O–H groups in total. The molecule has 27 heavy (non-hydrogen) atoms. The van der Waals surface area contributed by atoms with E-state index >= 15 is 0 Å². The van der Waals surface area contributed by atoms with Gasteiger partial charge in [0, 0.05) is 27.7 Å². The first-order valence-electron chi connectivity index (χ1n) is 8.21. The fourth-order valence-corrected chi connectivity index (χ4v) is 5.37. The smallest absolute Gasteiger partial charge is 0.243 e. The normalized spacial score (nSPS) is 16.8. The molecule has 0 saturated carbocycles. The lowest BCUT2D eigenvalue weighted by Gasteiger charge is -2.27. The van der Waals surface area contributed by atoms with Gasteiger partial charge in [-0.05, 0) is 54.4 Å². The molecule has 1 aliphatic heterocycles. The van der Waals surface area contributed by atoms with Gasteiger partial charge in [0.2, 0.25) is 15.9 Å². The van der Waals surface area contributed by atoms with Gasteiger partial charge in [-0.15, -0.1) is 11.8 Å². The number of halogens is 2. The number of carbonyl (C=O) groups excluding carboxylic acids is 1. The highest BCUT2D eigenvalue weighted by Crippen LogP contribution is 2.37. The van der Waals surface area contributed by atoms with E-state index in [0.717, 1.165) is 26.9 Å². The number of rotatable bonds is 5. The Hall–Kier alpha value is -1.25. The number of thioether (sulfide) groups is 1. The van der Waals surface area contributed by atoms with Crippen molar-refractivity contribution < 1.29 is 13.2 Å². The molecule has 1 aliphatic rings. The highest BCUT2D eigenvalue weighted by atomic mass is 35.5. The summed E-state index contributed by atoms with van der Waals surface area (Å²) in [5, 5.41) is 3.98. The summed E-state index contributed by atoms with van der Waals surface area (Å²) < 4.78 is 26.2. The maximum atomic E-state index is 12.6. The van der Waals surface area contributed by atoms with E-state index in [1.807, 2.05) is 18.2 Å². The van der Waals surface area contributed by atoms with Crippen molar-refractivity contribution >= 4 is 50.9 Å². The molecule has 2 aromatic carbocycles.